The van der Waals surface area contributed by atoms with E-state index >= 15 is 0 Å². The molecule has 1 aromatic rings. The highest BCUT2D eigenvalue weighted by atomic mass is 16.5. The van der Waals surface area contributed by atoms with Gasteiger partial charge in [-0.3, -0.25) is 4.79 Å². The molecule has 0 aliphatic carbocycles. The molecule has 1 aromatic heterocycles. The number of carbonyl (C=O) groups is 1. The SMILES string of the molecule is COc1cc(C(C)C)nc(C=O)n1. The van der Waals surface area contributed by atoms with E-state index in [0.29, 0.717) is 12.2 Å². The van der Waals surface area contributed by atoms with E-state index < -0.39 is 0 Å². The molecule has 0 saturated heterocycles. The lowest BCUT2D eigenvalue weighted by molar-refractivity contribution is 0.111. The molecule has 4 nitrogen and oxygen atoms in total. The smallest absolute Gasteiger partial charge is 0.216 e. The van der Waals surface area contributed by atoms with Gasteiger partial charge >= 0.3 is 0 Å². The lowest BCUT2D eigenvalue weighted by atomic mass is 10.1. The third-order valence-corrected chi connectivity index (χ3v) is 1.65. The van der Waals surface area contributed by atoms with Crippen LogP contribution in [0, 0.1) is 0 Å². The number of rotatable bonds is 3. The molecule has 0 N–H and O–H groups in total. The maximum atomic E-state index is 10.5. The molecule has 0 aliphatic heterocycles. The van der Waals surface area contributed by atoms with Gasteiger partial charge in [0.2, 0.25) is 5.88 Å². The molecule has 0 saturated carbocycles. The van der Waals surface area contributed by atoms with E-state index in [9.17, 15) is 4.79 Å². The van der Waals surface area contributed by atoms with Crippen LogP contribution in [0.1, 0.15) is 36.1 Å². The molecule has 13 heavy (non-hydrogen) atoms. The molecule has 0 atom stereocenters. The Bertz CT molecular complexity index is 310. The lowest BCUT2D eigenvalue weighted by Gasteiger charge is -2.06. The van der Waals surface area contributed by atoms with Crippen molar-refractivity contribution in [2.24, 2.45) is 0 Å². The second-order valence-electron chi connectivity index (χ2n) is 2.97. The molecule has 1 rings (SSSR count). The van der Waals surface area contributed by atoms with Gasteiger partial charge in [-0.25, -0.2) is 4.98 Å². The first-order valence-electron chi connectivity index (χ1n) is 4.05. The van der Waals surface area contributed by atoms with Crippen LogP contribution in [0.4, 0.5) is 0 Å². The van der Waals surface area contributed by atoms with Crippen LogP contribution in [0.5, 0.6) is 5.88 Å². The number of hydrogen-bond acceptors (Lipinski definition) is 4. The first-order valence-corrected chi connectivity index (χ1v) is 4.05. The molecule has 0 unspecified atom stereocenters. The van der Waals surface area contributed by atoms with Gasteiger partial charge in [-0.05, 0) is 5.92 Å². The van der Waals surface area contributed by atoms with Crippen LogP contribution < -0.4 is 4.74 Å². The fourth-order valence-electron chi connectivity index (χ4n) is 0.914. The molecule has 0 bridgehead atoms. The number of carbonyl (C=O) groups excluding carboxylic acids is 1. The Balaban J connectivity index is 3.14. The van der Waals surface area contributed by atoms with Crippen molar-refractivity contribution in [2.45, 2.75) is 19.8 Å². The van der Waals surface area contributed by atoms with E-state index in [1.165, 1.54) is 7.11 Å². The Hall–Kier alpha value is -1.45. The second-order valence-corrected chi connectivity index (χ2v) is 2.97. The third kappa shape index (κ3) is 2.24. The van der Waals surface area contributed by atoms with Crippen molar-refractivity contribution in [1.29, 1.82) is 0 Å². The Morgan fingerprint density at radius 3 is 2.62 bits per heavy atom. The zero-order valence-corrected chi connectivity index (χ0v) is 7.94. The quantitative estimate of drug-likeness (QED) is 0.660. The summed E-state index contributed by atoms with van der Waals surface area (Å²) >= 11 is 0. The first-order chi connectivity index (χ1) is 6.17. The zero-order chi connectivity index (χ0) is 9.84. The minimum absolute atomic E-state index is 0.169. The van der Waals surface area contributed by atoms with E-state index in [-0.39, 0.29) is 11.7 Å². The second kappa shape index (κ2) is 3.98. The summed E-state index contributed by atoms with van der Waals surface area (Å²) in [6.45, 7) is 3.99. The van der Waals surface area contributed by atoms with Crippen LogP contribution in [0.2, 0.25) is 0 Å². The van der Waals surface area contributed by atoms with E-state index in [2.05, 4.69) is 9.97 Å². The number of aldehydes is 1. The fourth-order valence-corrected chi connectivity index (χ4v) is 0.914. The van der Waals surface area contributed by atoms with Gasteiger partial charge in [0.05, 0.1) is 12.8 Å². The Kier molecular flexibility index (Phi) is 2.95. The van der Waals surface area contributed by atoms with Crippen LogP contribution in [0.25, 0.3) is 0 Å². The fraction of sp³-hybridized carbons (Fsp3) is 0.444. The third-order valence-electron chi connectivity index (χ3n) is 1.65. The number of ether oxygens (including phenoxy) is 1. The Morgan fingerprint density at radius 1 is 1.46 bits per heavy atom. The average Bonchev–Trinajstić information content (AvgIpc) is 2.16. The molecule has 0 fully saturated rings. The zero-order valence-electron chi connectivity index (χ0n) is 7.94. The van der Waals surface area contributed by atoms with Crippen molar-refractivity contribution < 1.29 is 9.53 Å². The Morgan fingerprint density at radius 2 is 2.15 bits per heavy atom. The highest BCUT2D eigenvalue weighted by Gasteiger charge is 2.06. The number of aromatic nitrogens is 2. The molecular weight excluding hydrogens is 168 g/mol. The standard InChI is InChI=1S/C9H12N2O2/c1-6(2)7-4-9(13-3)11-8(5-12)10-7/h4-6H,1-3H3. The largest absolute Gasteiger partial charge is 0.481 e. The van der Waals surface area contributed by atoms with E-state index in [1.54, 1.807) is 6.07 Å². The van der Waals surface area contributed by atoms with Crippen LogP contribution >= 0.6 is 0 Å². The Labute approximate surface area is 77.0 Å². The van der Waals surface area contributed by atoms with Crippen LogP contribution in [0.15, 0.2) is 6.07 Å². The minimum Gasteiger partial charge on any atom is -0.481 e. The summed E-state index contributed by atoms with van der Waals surface area (Å²) in [6.07, 6.45) is 0.619. The van der Waals surface area contributed by atoms with Crippen molar-refractivity contribution in [3.05, 3.63) is 17.6 Å². The van der Waals surface area contributed by atoms with Crippen LogP contribution in [-0.2, 0) is 0 Å². The minimum atomic E-state index is 0.169. The van der Waals surface area contributed by atoms with Gasteiger partial charge in [-0.1, -0.05) is 13.8 Å². The van der Waals surface area contributed by atoms with Gasteiger partial charge in [0.1, 0.15) is 0 Å². The molecule has 0 radical (unpaired) electrons. The van der Waals surface area contributed by atoms with E-state index in [4.69, 9.17) is 4.74 Å². The van der Waals surface area contributed by atoms with Crippen molar-refractivity contribution in [3.63, 3.8) is 0 Å². The number of hydrogen-bond donors (Lipinski definition) is 0. The van der Waals surface area contributed by atoms with Gasteiger partial charge in [0.15, 0.2) is 12.1 Å². The normalized spacial score (nSPS) is 10.2. The van der Waals surface area contributed by atoms with Gasteiger partial charge in [0, 0.05) is 6.07 Å². The van der Waals surface area contributed by atoms with E-state index in [1.807, 2.05) is 13.8 Å². The van der Waals surface area contributed by atoms with Gasteiger partial charge in [-0.2, -0.15) is 4.98 Å². The summed E-state index contributed by atoms with van der Waals surface area (Å²) in [5.74, 6) is 0.861. The van der Waals surface area contributed by atoms with Crippen molar-refractivity contribution >= 4 is 6.29 Å². The van der Waals surface area contributed by atoms with Gasteiger partial charge in [0.25, 0.3) is 0 Å². The van der Waals surface area contributed by atoms with Crippen molar-refractivity contribution in [2.75, 3.05) is 7.11 Å². The highest BCUT2D eigenvalue weighted by Crippen LogP contribution is 2.15. The lowest BCUT2D eigenvalue weighted by Crippen LogP contribution is -2.02. The molecule has 0 aliphatic rings. The maximum absolute atomic E-state index is 10.5. The molecule has 4 heteroatoms. The monoisotopic (exact) mass is 180 g/mol. The predicted octanol–water partition coefficient (Wildman–Crippen LogP) is 1.42. The molecule has 0 aromatic carbocycles. The first kappa shape index (κ1) is 9.64. The number of methoxy groups -OCH3 is 1. The molecular formula is C9H12N2O2. The summed E-state index contributed by atoms with van der Waals surface area (Å²) in [6, 6.07) is 1.73. The molecule has 0 amide bonds. The summed E-state index contributed by atoms with van der Waals surface area (Å²) in [5.41, 5.74) is 0.814. The summed E-state index contributed by atoms with van der Waals surface area (Å²) < 4.78 is 4.94. The summed E-state index contributed by atoms with van der Waals surface area (Å²) in [7, 11) is 1.51. The van der Waals surface area contributed by atoms with E-state index in [0.717, 1.165) is 5.69 Å². The maximum Gasteiger partial charge on any atom is 0.216 e. The summed E-state index contributed by atoms with van der Waals surface area (Å²) in [5, 5.41) is 0. The molecule has 0 spiro atoms. The number of nitrogens with zero attached hydrogens (tertiary/aromatic N) is 2. The van der Waals surface area contributed by atoms with Gasteiger partial charge in [-0.15, -0.1) is 0 Å². The van der Waals surface area contributed by atoms with Crippen molar-refractivity contribution in [1.82, 2.24) is 9.97 Å². The highest BCUT2D eigenvalue weighted by molar-refractivity contribution is 5.69. The van der Waals surface area contributed by atoms with Crippen LogP contribution in [0.3, 0.4) is 0 Å². The summed E-state index contributed by atoms with van der Waals surface area (Å²) in [4.78, 5) is 18.4. The van der Waals surface area contributed by atoms with Crippen molar-refractivity contribution in [3.8, 4) is 5.88 Å². The average molecular weight is 180 g/mol. The molecule has 1 heterocycles. The predicted molar refractivity (Wildman–Crippen MR) is 48.1 cm³/mol. The van der Waals surface area contributed by atoms with Gasteiger partial charge < -0.3 is 4.74 Å². The van der Waals surface area contributed by atoms with Crippen LogP contribution in [-0.4, -0.2) is 23.4 Å². The molecule has 70 valence electrons. The topological polar surface area (TPSA) is 52.1 Å².